The van der Waals surface area contributed by atoms with Gasteiger partial charge in [0.2, 0.25) is 0 Å². The lowest BCUT2D eigenvalue weighted by molar-refractivity contribution is 0.636. The lowest BCUT2D eigenvalue weighted by Gasteiger charge is -2.26. The zero-order chi connectivity index (χ0) is 11.8. The van der Waals surface area contributed by atoms with Crippen molar-refractivity contribution in [2.45, 2.75) is 38.6 Å². The SMILES string of the molecule is Cc1cc(N(C)C2CCCC2)n2ncnc2n1. The summed E-state index contributed by atoms with van der Waals surface area (Å²) >= 11 is 0. The van der Waals surface area contributed by atoms with Crippen molar-refractivity contribution >= 4 is 11.6 Å². The quantitative estimate of drug-likeness (QED) is 0.790. The maximum atomic E-state index is 4.37. The molecule has 5 heteroatoms. The molecule has 1 fully saturated rings. The van der Waals surface area contributed by atoms with Crippen LogP contribution in [0.1, 0.15) is 31.4 Å². The molecule has 0 atom stereocenters. The summed E-state index contributed by atoms with van der Waals surface area (Å²) in [4.78, 5) is 10.9. The molecule has 1 saturated carbocycles. The molecule has 0 spiro atoms. The van der Waals surface area contributed by atoms with Crippen LogP contribution >= 0.6 is 0 Å². The summed E-state index contributed by atoms with van der Waals surface area (Å²) < 4.78 is 1.82. The minimum absolute atomic E-state index is 0.629. The van der Waals surface area contributed by atoms with E-state index in [4.69, 9.17) is 0 Å². The van der Waals surface area contributed by atoms with Crippen LogP contribution in [0.4, 0.5) is 5.82 Å². The molecule has 1 aliphatic rings. The van der Waals surface area contributed by atoms with Gasteiger partial charge in [0, 0.05) is 24.8 Å². The van der Waals surface area contributed by atoms with Crippen molar-refractivity contribution < 1.29 is 0 Å². The average molecular weight is 231 g/mol. The van der Waals surface area contributed by atoms with Crippen LogP contribution in [0.15, 0.2) is 12.4 Å². The van der Waals surface area contributed by atoms with Crippen LogP contribution in [-0.4, -0.2) is 32.7 Å². The fourth-order valence-corrected chi connectivity index (χ4v) is 2.64. The van der Waals surface area contributed by atoms with Crippen LogP contribution in [-0.2, 0) is 0 Å². The van der Waals surface area contributed by atoms with E-state index in [0.29, 0.717) is 11.8 Å². The normalized spacial score (nSPS) is 16.8. The number of hydrogen-bond donors (Lipinski definition) is 0. The fraction of sp³-hybridized carbons (Fsp3) is 0.583. The van der Waals surface area contributed by atoms with Gasteiger partial charge in [-0.1, -0.05) is 12.8 Å². The van der Waals surface area contributed by atoms with Gasteiger partial charge in [-0.25, -0.2) is 4.98 Å². The topological polar surface area (TPSA) is 46.3 Å². The Morgan fingerprint density at radius 1 is 1.35 bits per heavy atom. The average Bonchev–Trinajstić information content (AvgIpc) is 2.97. The highest BCUT2D eigenvalue weighted by Gasteiger charge is 2.22. The van der Waals surface area contributed by atoms with Crippen molar-refractivity contribution in [2.24, 2.45) is 0 Å². The molecule has 0 aromatic carbocycles. The smallest absolute Gasteiger partial charge is 0.254 e. The zero-order valence-electron chi connectivity index (χ0n) is 10.3. The summed E-state index contributed by atoms with van der Waals surface area (Å²) in [5, 5.41) is 4.25. The molecule has 3 rings (SSSR count). The molecule has 2 aromatic rings. The molecule has 17 heavy (non-hydrogen) atoms. The second kappa shape index (κ2) is 3.98. The molecule has 90 valence electrons. The van der Waals surface area contributed by atoms with Gasteiger partial charge in [0.25, 0.3) is 5.78 Å². The van der Waals surface area contributed by atoms with Gasteiger partial charge in [0.1, 0.15) is 12.1 Å². The Bertz CT molecular complexity index is 527. The number of nitrogens with zero attached hydrogens (tertiary/aromatic N) is 5. The number of aryl methyl sites for hydroxylation is 1. The second-order valence-electron chi connectivity index (χ2n) is 4.78. The number of aromatic nitrogens is 4. The minimum Gasteiger partial charge on any atom is -0.356 e. The molecule has 5 nitrogen and oxygen atoms in total. The van der Waals surface area contributed by atoms with Gasteiger partial charge in [-0.15, -0.1) is 0 Å². The first-order valence-corrected chi connectivity index (χ1v) is 6.16. The van der Waals surface area contributed by atoms with Gasteiger partial charge in [0.15, 0.2) is 0 Å². The summed E-state index contributed by atoms with van der Waals surface area (Å²) in [6.45, 7) is 2.00. The van der Waals surface area contributed by atoms with Crippen molar-refractivity contribution in [3.05, 3.63) is 18.1 Å². The van der Waals surface area contributed by atoms with E-state index in [9.17, 15) is 0 Å². The van der Waals surface area contributed by atoms with Gasteiger partial charge >= 0.3 is 0 Å². The Labute approximate surface area is 100 Å². The van der Waals surface area contributed by atoms with E-state index in [1.807, 2.05) is 11.4 Å². The molecule has 2 aromatic heterocycles. The largest absolute Gasteiger partial charge is 0.356 e. The molecule has 0 unspecified atom stereocenters. The summed E-state index contributed by atoms with van der Waals surface area (Å²) in [6, 6.07) is 2.71. The Hall–Kier alpha value is -1.65. The van der Waals surface area contributed by atoms with Crippen LogP contribution in [0.25, 0.3) is 5.78 Å². The lowest BCUT2D eigenvalue weighted by Crippen LogP contribution is -2.30. The van der Waals surface area contributed by atoms with E-state index in [2.05, 4.69) is 33.1 Å². The Morgan fingerprint density at radius 3 is 2.88 bits per heavy atom. The summed E-state index contributed by atoms with van der Waals surface area (Å²) in [6.07, 6.45) is 6.77. The van der Waals surface area contributed by atoms with Crippen LogP contribution < -0.4 is 4.90 Å². The Morgan fingerprint density at radius 2 is 2.12 bits per heavy atom. The van der Waals surface area contributed by atoms with E-state index >= 15 is 0 Å². The van der Waals surface area contributed by atoms with Gasteiger partial charge in [-0.2, -0.15) is 14.6 Å². The van der Waals surface area contributed by atoms with Crippen LogP contribution in [0.2, 0.25) is 0 Å². The third-order valence-electron chi connectivity index (χ3n) is 3.59. The maximum Gasteiger partial charge on any atom is 0.254 e. The van der Waals surface area contributed by atoms with Crippen molar-refractivity contribution in [1.29, 1.82) is 0 Å². The molecule has 0 radical (unpaired) electrons. The zero-order valence-corrected chi connectivity index (χ0v) is 10.3. The van der Waals surface area contributed by atoms with Crippen molar-refractivity contribution in [3.63, 3.8) is 0 Å². The lowest BCUT2D eigenvalue weighted by atomic mass is 10.2. The van der Waals surface area contributed by atoms with Crippen molar-refractivity contribution in [2.75, 3.05) is 11.9 Å². The third-order valence-corrected chi connectivity index (χ3v) is 3.59. The molecule has 2 heterocycles. The van der Waals surface area contributed by atoms with Gasteiger partial charge in [-0.05, 0) is 19.8 Å². The molecule has 0 saturated heterocycles. The predicted octanol–water partition coefficient (Wildman–Crippen LogP) is 1.81. The third kappa shape index (κ3) is 1.75. The minimum atomic E-state index is 0.629. The fourth-order valence-electron chi connectivity index (χ4n) is 2.64. The standard InChI is InChI=1S/C12H17N5/c1-9-7-11(16(2)10-5-3-4-6-10)17-12(15-9)13-8-14-17/h7-8,10H,3-6H2,1-2H3. The first-order valence-electron chi connectivity index (χ1n) is 6.16. The molecule has 0 bridgehead atoms. The number of anilines is 1. The molecular weight excluding hydrogens is 214 g/mol. The van der Waals surface area contributed by atoms with Gasteiger partial charge < -0.3 is 4.90 Å². The summed E-state index contributed by atoms with van der Waals surface area (Å²) in [5.74, 6) is 1.78. The number of rotatable bonds is 2. The van der Waals surface area contributed by atoms with Crippen molar-refractivity contribution in [1.82, 2.24) is 19.6 Å². The molecule has 0 N–H and O–H groups in total. The molecule has 1 aliphatic carbocycles. The molecule has 0 aliphatic heterocycles. The Balaban J connectivity index is 2.05. The van der Waals surface area contributed by atoms with E-state index < -0.39 is 0 Å². The monoisotopic (exact) mass is 231 g/mol. The summed E-state index contributed by atoms with van der Waals surface area (Å²) in [5.41, 5.74) is 0.991. The molecular formula is C12H17N5. The predicted molar refractivity (Wildman–Crippen MR) is 66.2 cm³/mol. The van der Waals surface area contributed by atoms with E-state index in [1.165, 1.54) is 25.7 Å². The number of hydrogen-bond acceptors (Lipinski definition) is 4. The van der Waals surface area contributed by atoms with Crippen LogP contribution in [0, 0.1) is 6.92 Å². The molecule has 0 amide bonds. The summed E-state index contributed by atoms with van der Waals surface area (Å²) in [7, 11) is 2.14. The maximum absolute atomic E-state index is 4.37. The highest BCUT2D eigenvalue weighted by molar-refractivity contribution is 5.47. The highest BCUT2D eigenvalue weighted by atomic mass is 15.4. The van der Waals surface area contributed by atoms with Crippen LogP contribution in [0.3, 0.4) is 0 Å². The van der Waals surface area contributed by atoms with E-state index in [1.54, 1.807) is 6.33 Å². The first kappa shape index (κ1) is 10.5. The van der Waals surface area contributed by atoms with Crippen LogP contribution in [0.5, 0.6) is 0 Å². The second-order valence-corrected chi connectivity index (χ2v) is 4.78. The first-order chi connectivity index (χ1) is 8.25. The Kier molecular flexibility index (Phi) is 2.46. The van der Waals surface area contributed by atoms with Gasteiger partial charge in [0.05, 0.1) is 0 Å². The number of fused-ring (bicyclic) bond motifs is 1. The highest BCUT2D eigenvalue weighted by Crippen LogP contribution is 2.26. The van der Waals surface area contributed by atoms with Gasteiger partial charge in [-0.3, -0.25) is 0 Å². The van der Waals surface area contributed by atoms with E-state index in [-0.39, 0.29) is 0 Å². The van der Waals surface area contributed by atoms with E-state index in [0.717, 1.165) is 11.5 Å². The van der Waals surface area contributed by atoms with Crippen molar-refractivity contribution in [3.8, 4) is 0 Å².